The van der Waals surface area contributed by atoms with Gasteiger partial charge in [-0.1, -0.05) is 32.4 Å². The smallest absolute Gasteiger partial charge is 0.120 e. The van der Waals surface area contributed by atoms with Gasteiger partial charge in [-0.2, -0.15) is 0 Å². The number of nitrogens with one attached hydrogen (secondary N) is 1. The SMILES string of the molecule is CCC(C)CC(NC)c1cccc(OC2CC2)c1. The number of benzene rings is 1. The number of hydrogen-bond acceptors (Lipinski definition) is 2. The number of ether oxygens (including phenoxy) is 1. The Bertz CT molecular complexity index is 373. The van der Waals surface area contributed by atoms with Crippen molar-refractivity contribution in [2.24, 2.45) is 5.92 Å². The summed E-state index contributed by atoms with van der Waals surface area (Å²) >= 11 is 0. The van der Waals surface area contributed by atoms with Crippen LogP contribution in [-0.4, -0.2) is 13.2 Å². The van der Waals surface area contributed by atoms with E-state index in [2.05, 4.69) is 43.4 Å². The maximum Gasteiger partial charge on any atom is 0.120 e. The molecule has 1 saturated carbocycles. The van der Waals surface area contributed by atoms with Crippen LogP contribution in [0.4, 0.5) is 0 Å². The Kier molecular flexibility index (Phi) is 4.65. The first-order valence-corrected chi connectivity index (χ1v) is 7.16. The molecule has 100 valence electrons. The fourth-order valence-corrected chi connectivity index (χ4v) is 2.17. The van der Waals surface area contributed by atoms with Crippen LogP contribution in [0.3, 0.4) is 0 Å². The second kappa shape index (κ2) is 6.24. The predicted molar refractivity (Wildman–Crippen MR) is 76.0 cm³/mol. The van der Waals surface area contributed by atoms with Gasteiger partial charge in [-0.25, -0.2) is 0 Å². The van der Waals surface area contributed by atoms with Crippen LogP contribution in [0.5, 0.6) is 5.75 Å². The van der Waals surface area contributed by atoms with E-state index in [-0.39, 0.29) is 0 Å². The second-order valence-electron chi connectivity index (χ2n) is 5.48. The van der Waals surface area contributed by atoms with E-state index in [0.29, 0.717) is 12.1 Å². The molecule has 18 heavy (non-hydrogen) atoms. The highest BCUT2D eigenvalue weighted by Gasteiger charge is 2.23. The molecule has 2 rings (SSSR count). The molecule has 0 heterocycles. The fourth-order valence-electron chi connectivity index (χ4n) is 2.17. The van der Waals surface area contributed by atoms with Crippen LogP contribution in [0.25, 0.3) is 0 Å². The largest absolute Gasteiger partial charge is 0.490 e. The Balaban J connectivity index is 2.03. The van der Waals surface area contributed by atoms with Gasteiger partial charge in [0.1, 0.15) is 5.75 Å². The minimum absolute atomic E-state index is 0.433. The van der Waals surface area contributed by atoms with Crippen molar-refractivity contribution >= 4 is 0 Å². The third-order valence-electron chi connectivity index (χ3n) is 3.77. The van der Waals surface area contributed by atoms with Crippen LogP contribution >= 0.6 is 0 Å². The van der Waals surface area contributed by atoms with Crippen molar-refractivity contribution in [1.29, 1.82) is 0 Å². The topological polar surface area (TPSA) is 21.3 Å². The van der Waals surface area contributed by atoms with Gasteiger partial charge in [0.2, 0.25) is 0 Å². The van der Waals surface area contributed by atoms with Crippen molar-refractivity contribution in [3.63, 3.8) is 0 Å². The third kappa shape index (κ3) is 3.74. The number of hydrogen-bond donors (Lipinski definition) is 1. The molecule has 0 saturated heterocycles. The molecule has 0 amide bonds. The zero-order chi connectivity index (χ0) is 13.0. The zero-order valence-corrected chi connectivity index (χ0v) is 11.8. The van der Waals surface area contributed by atoms with Crippen molar-refractivity contribution in [1.82, 2.24) is 5.32 Å². The van der Waals surface area contributed by atoms with Crippen LogP contribution < -0.4 is 10.1 Å². The molecular formula is C16H25NO. The molecule has 1 aliphatic rings. The van der Waals surface area contributed by atoms with Crippen LogP contribution in [-0.2, 0) is 0 Å². The Labute approximate surface area is 111 Å². The predicted octanol–water partition coefficient (Wildman–Crippen LogP) is 3.92. The van der Waals surface area contributed by atoms with E-state index in [1.165, 1.54) is 31.2 Å². The van der Waals surface area contributed by atoms with Crippen molar-refractivity contribution in [2.75, 3.05) is 7.05 Å². The first-order valence-electron chi connectivity index (χ1n) is 7.16. The average Bonchev–Trinajstić information content (AvgIpc) is 3.19. The minimum atomic E-state index is 0.433. The first-order chi connectivity index (χ1) is 8.72. The third-order valence-corrected chi connectivity index (χ3v) is 3.77. The highest BCUT2D eigenvalue weighted by atomic mass is 16.5. The van der Waals surface area contributed by atoms with Crippen LogP contribution in [0.15, 0.2) is 24.3 Å². The highest BCUT2D eigenvalue weighted by Crippen LogP contribution is 2.30. The molecule has 2 heteroatoms. The molecule has 0 bridgehead atoms. The van der Waals surface area contributed by atoms with Gasteiger partial charge in [0.15, 0.2) is 0 Å². The Hall–Kier alpha value is -1.02. The highest BCUT2D eigenvalue weighted by molar-refractivity contribution is 5.31. The summed E-state index contributed by atoms with van der Waals surface area (Å²) in [5, 5.41) is 3.42. The van der Waals surface area contributed by atoms with E-state index in [4.69, 9.17) is 4.74 Å². The van der Waals surface area contributed by atoms with Gasteiger partial charge in [0.25, 0.3) is 0 Å². The van der Waals surface area contributed by atoms with Gasteiger partial charge in [-0.15, -0.1) is 0 Å². The van der Waals surface area contributed by atoms with Crippen LogP contribution in [0, 0.1) is 5.92 Å². The van der Waals surface area contributed by atoms with E-state index >= 15 is 0 Å². The summed E-state index contributed by atoms with van der Waals surface area (Å²) in [6.45, 7) is 4.57. The fraction of sp³-hybridized carbons (Fsp3) is 0.625. The summed E-state index contributed by atoms with van der Waals surface area (Å²) < 4.78 is 5.86. The van der Waals surface area contributed by atoms with Gasteiger partial charge >= 0.3 is 0 Å². The standard InChI is InChI=1S/C16H25NO/c1-4-12(2)10-16(17-3)13-6-5-7-15(11-13)18-14-8-9-14/h5-7,11-12,14,16-17H,4,8-10H2,1-3H3. The molecule has 0 aromatic heterocycles. The molecule has 0 spiro atoms. The zero-order valence-electron chi connectivity index (χ0n) is 11.8. The first kappa shape index (κ1) is 13.4. The molecule has 1 aromatic carbocycles. The number of rotatable bonds is 7. The quantitative estimate of drug-likeness (QED) is 0.788. The van der Waals surface area contributed by atoms with Gasteiger partial charge in [-0.3, -0.25) is 0 Å². The summed E-state index contributed by atoms with van der Waals surface area (Å²) in [5.41, 5.74) is 1.34. The van der Waals surface area contributed by atoms with E-state index in [1.54, 1.807) is 0 Å². The Morgan fingerprint density at radius 3 is 2.78 bits per heavy atom. The maximum atomic E-state index is 5.86. The van der Waals surface area contributed by atoms with E-state index < -0.39 is 0 Å². The molecule has 2 unspecified atom stereocenters. The maximum absolute atomic E-state index is 5.86. The summed E-state index contributed by atoms with van der Waals surface area (Å²) in [7, 11) is 2.04. The Morgan fingerprint density at radius 2 is 2.17 bits per heavy atom. The Morgan fingerprint density at radius 1 is 1.39 bits per heavy atom. The summed E-state index contributed by atoms with van der Waals surface area (Å²) in [5.74, 6) is 1.77. The molecule has 1 aromatic rings. The van der Waals surface area contributed by atoms with Crippen molar-refractivity contribution in [2.45, 2.75) is 51.7 Å². The van der Waals surface area contributed by atoms with Crippen LogP contribution in [0.1, 0.15) is 51.1 Å². The normalized spacial score (nSPS) is 18.4. The lowest BCUT2D eigenvalue weighted by atomic mass is 9.94. The molecule has 2 atom stereocenters. The average molecular weight is 247 g/mol. The molecule has 1 aliphatic carbocycles. The molecule has 0 radical (unpaired) electrons. The molecular weight excluding hydrogens is 222 g/mol. The molecule has 0 aliphatic heterocycles. The minimum Gasteiger partial charge on any atom is -0.490 e. The summed E-state index contributed by atoms with van der Waals surface area (Å²) in [6.07, 6.45) is 5.32. The van der Waals surface area contributed by atoms with Crippen molar-refractivity contribution < 1.29 is 4.74 Å². The summed E-state index contributed by atoms with van der Waals surface area (Å²) in [4.78, 5) is 0. The van der Waals surface area contributed by atoms with Gasteiger partial charge in [0, 0.05) is 6.04 Å². The molecule has 1 N–H and O–H groups in total. The van der Waals surface area contributed by atoms with E-state index in [1.807, 2.05) is 7.05 Å². The van der Waals surface area contributed by atoms with Crippen LogP contribution in [0.2, 0.25) is 0 Å². The molecule has 2 nitrogen and oxygen atoms in total. The van der Waals surface area contributed by atoms with Crippen molar-refractivity contribution in [3.05, 3.63) is 29.8 Å². The van der Waals surface area contributed by atoms with E-state index in [9.17, 15) is 0 Å². The van der Waals surface area contributed by atoms with Gasteiger partial charge in [0.05, 0.1) is 6.10 Å². The lowest BCUT2D eigenvalue weighted by Crippen LogP contribution is -2.19. The molecule has 1 fully saturated rings. The summed E-state index contributed by atoms with van der Waals surface area (Å²) in [6, 6.07) is 9.00. The lowest BCUT2D eigenvalue weighted by Gasteiger charge is -2.20. The lowest BCUT2D eigenvalue weighted by molar-refractivity contribution is 0.302. The van der Waals surface area contributed by atoms with E-state index in [0.717, 1.165) is 11.7 Å². The van der Waals surface area contributed by atoms with Crippen molar-refractivity contribution in [3.8, 4) is 5.75 Å². The monoisotopic (exact) mass is 247 g/mol. The second-order valence-corrected chi connectivity index (χ2v) is 5.48. The van der Waals surface area contributed by atoms with Gasteiger partial charge in [-0.05, 0) is 49.9 Å². The van der Waals surface area contributed by atoms with Gasteiger partial charge < -0.3 is 10.1 Å².